The Morgan fingerprint density at radius 3 is 2.83 bits per heavy atom. The summed E-state index contributed by atoms with van der Waals surface area (Å²) in [6, 6.07) is 6.65. The molecule has 1 fully saturated rings. The molecule has 3 heteroatoms. The molecule has 1 aromatic rings. The van der Waals surface area contributed by atoms with Crippen LogP contribution in [0.4, 0.5) is 10.1 Å². The van der Waals surface area contributed by atoms with E-state index in [2.05, 4.69) is 19.2 Å². The Morgan fingerprint density at radius 1 is 1.39 bits per heavy atom. The predicted octanol–water partition coefficient (Wildman–Crippen LogP) is 3.39. The van der Waals surface area contributed by atoms with Gasteiger partial charge in [0.25, 0.3) is 0 Å². The van der Waals surface area contributed by atoms with Gasteiger partial charge >= 0.3 is 0 Å². The number of nitrogens with two attached hydrogens (primary N) is 1. The van der Waals surface area contributed by atoms with Gasteiger partial charge in [0.2, 0.25) is 0 Å². The fourth-order valence-corrected chi connectivity index (χ4v) is 3.10. The molecule has 0 spiro atoms. The van der Waals surface area contributed by atoms with Gasteiger partial charge in [0.15, 0.2) is 0 Å². The summed E-state index contributed by atoms with van der Waals surface area (Å²) in [5.41, 5.74) is 6.76. The van der Waals surface area contributed by atoms with E-state index in [1.807, 2.05) is 6.07 Å². The minimum absolute atomic E-state index is 0.0918. The van der Waals surface area contributed by atoms with Crippen molar-refractivity contribution in [1.82, 2.24) is 0 Å². The minimum Gasteiger partial charge on any atom is -0.378 e. The first-order valence-electron chi connectivity index (χ1n) is 6.79. The normalized spacial score (nSPS) is 32.2. The lowest BCUT2D eigenvalue weighted by molar-refractivity contribution is 0.188. The van der Waals surface area contributed by atoms with Crippen LogP contribution in [0.3, 0.4) is 0 Å². The first-order chi connectivity index (χ1) is 8.55. The highest BCUT2D eigenvalue weighted by Gasteiger charge is 2.39. The third-order valence-corrected chi connectivity index (χ3v) is 4.33. The van der Waals surface area contributed by atoms with E-state index in [-0.39, 0.29) is 11.4 Å². The van der Waals surface area contributed by atoms with Gasteiger partial charge in [-0.25, -0.2) is 4.39 Å². The van der Waals surface area contributed by atoms with Crippen molar-refractivity contribution in [1.29, 1.82) is 0 Å². The Bertz CT molecular complexity index is 407. The van der Waals surface area contributed by atoms with Gasteiger partial charge in [-0.2, -0.15) is 0 Å². The molecule has 1 aliphatic rings. The van der Waals surface area contributed by atoms with Crippen LogP contribution >= 0.6 is 0 Å². The number of halogens is 1. The van der Waals surface area contributed by atoms with Crippen molar-refractivity contribution >= 4 is 5.69 Å². The lowest BCUT2D eigenvalue weighted by atomic mass is 9.69. The first-order valence-corrected chi connectivity index (χ1v) is 6.79. The van der Waals surface area contributed by atoms with Crippen molar-refractivity contribution in [2.24, 2.45) is 17.6 Å². The monoisotopic (exact) mass is 250 g/mol. The number of hydrogen-bond acceptors (Lipinski definition) is 2. The second-order valence-electron chi connectivity index (χ2n) is 5.78. The Labute approximate surface area is 109 Å². The van der Waals surface area contributed by atoms with Crippen molar-refractivity contribution in [3.63, 3.8) is 0 Å². The summed E-state index contributed by atoms with van der Waals surface area (Å²) >= 11 is 0. The molecule has 18 heavy (non-hydrogen) atoms. The van der Waals surface area contributed by atoms with Crippen molar-refractivity contribution in [2.75, 3.05) is 11.9 Å². The molecule has 3 N–H and O–H groups in total. The SMILES string of the molecule is CC1CCC(C)C(CN)(Nc2cccc(F)c2)C1. The van der Waals surface area contributed by atoms with Crippen LogP contribution < -0.4 is 11.1 Å². The Kier molecular flexibility index (Phi) is 3.91. The average Bonchev–Trinajstić information content (AvgIpc) is 2.34. The lowest BCUT2D eigenvalue weighted by Gasteiger charge is -2.45. The van der Waals surface area contributed by atoms with Gasteiger partial charge < -0.3 is 11.1 Å². The average molecular weight is 250 g/mol. The van der Waals surface area contributed by atoms with Gasteiger partial charge in [-0.1, -0.05) is 26.3 Å². The van der Waals surface area contributed by atoms with Crippen LogP contribution in [-0.4, -0.2) is 12.1 Å². The van der Waals surface area contributed by atoms with E-state index in [9.17, 15) is 4.39 Å². The van der Waals surface area contributed by atoms with Gasteiger partial charge in [-0.15, -0.1) is 0 Å². The number of nitrogens with one attached hydrogen (secondary N) is 1. The van der Waals surface area contributed by atoms with E-state index in [4.69, 9.17) is 5.73 Å². The van der Waals surface area contributed by atoms with Crippen molar-refractivity contribution < 1.29 is 4.39 Å². The topological polar surface area (TPSA) is 38.0 Å². The molecule has 0 radical (unpaired) electrons. The summed E-state index contributed by atoms with van der Waals surface area (Å²) in [5.74, 6) is 0.983. The lowest BCUT2D eigenvalue weighted by Crippen LogP contribution is -2.54. The van der Waals surface area contributed by atoms with Crippen molar-refractivity contribution in [2.45, 2.75) is 38.6 Å². The van der Waals surface area contributed by atoms with Crippen LogP contribution in [0.5, 0.6) is 0 Å². The molecule has 1 saturated carbocycles. The number of rotatable bonds is 3. The summed E-state index contributed by atoms with van der Waals surface area (Å²) < 4.78 is 13.3. The van der Waals surface area contributed by atoms with Crippen LogP contribution in [0.2, 0.25) is 0 Å². The molecular weight excluding hydrogens is 227 g/mol. The largest absolute Gasteiger partial charge is 0.378 e. The molecule has 0 amide bonds. The maximum Gasteiger partial charge on any atom is 0.125 e. The molecule has 3 unspecified atom stereocenters. The summed E-state index contributed by atoms with van der Waals surface area (Å²) in [5, 5.41) is 3.50. The van der Waals surface area contributed by atoms with Crippen molar-refractivity contribution in [3.8, 4) is 0 Å². The summed E-state index contributed by atoms with van der Waals surface area (Å²) in [4.78, 5) is 0. The molecule has 1 aromatic carbocycles. The van der Waals surface area contributed by atoms with E-state index in [1.54, 1.807) is 12.1 Å². The van der Waals surface area contributed by atoms with Gasteiger partial charge in [-0.05, 0) is 42.9 Å². The van der Waals surface area contributed by atoms with Gasteiger partial charge in [0, 0.05) is 12.2 Å². The summed E-state index contributed by atoms with van der Waals surface area (Å²) in [6.07, 6.45) is 3.50. The number of benzene rings is 1. The van der Waals surface area contributed by atoms with E-state index in [0.29, 0.717) is 18.4 Å². The van der Waals surface area contributed by atoms with E-state index >= 15 is 0 Å². The summed E-state index contributed by atoms with van der Waals surface area (Å²) in [7, 11) is 0. The maximum absolute atomic E-state index is 13.3. The zero-order chi connectivity index (χ0) is 13.2. The molecule has 1 aliphatic carbocycles. The number of anilines is 1. The van der Waals surface area contributed by atoms with Crippen LogP contribution in [0, 0.1) is 17.7 Å². The zero-order valence-corrected chi connectivity index (χ0v) is 11.2. The predicted molar refractivity (Wildman–Crippen MR) is 74.0 cm³/mol. The Hall–Kier alpha value is -1.09. The van der Waals surface area contributed by atoms with E-state index < -0.39 is 0 Å². The highest BCUT2D eigenvalue weighted by Crippen LogP contribution is 2.38. The van der Waals surface area contributed by atoms with E-state index in [0.717, 1.165) is 12.1 Å². The first kappa shape index (κ1) is 13.3. The standard InChI is InChI=1S/C15H23FN2/c1-11-6-7-12(2)15(9-11,10-17)18-14-5-3-4-13(16)8-14/h3-5,8,11-12,18H,6-7,9-10,17H2,1-2H3. The van der Waals surface area contributed by atoms with Crippen LogP contribution in [0.15, 0.2) is 24.3 Å². The number of hydrogen-bond donors (Lipinski definition) is 2. The van der Waals surface area contributed by atoms with Gasteiger partial charge in [0.1, 0.15) is 5.82 Å². The highest BCUT2D eigenvalue weighted by molar-refractivity contribution is 5.46. The second-order valence-corrected chi connectivity index (χ2v) is 5.78. The quantitative estimate of drug-likeness (QED) is 0.863. The minimum atomic E-state index is -0.205. The maximum atomic E-state index is 13.3. The smallest absolute Gasteiger partial charge is 0.125 e. The fourth-order valence-electron chi connectivity index (χ4n) is 3.10. The molecule has 100 valence electrons. The van der Waals surface area contributed by atoms with Gasteiger partial charge in [-0.3, -0.25) is 0 Å². The van der Waals surface area contributed by atoms with Crippen LogP contribution in [0.1, 0.15) is 33.1 Å². The molecule has 3 atom stereocenters. The molecule has 2 rings (SSSR count). The molecule has 0 heterocycles. The second kappa shape index (κ2) is 5.27. The summed E-state index contributed by atoms with van der Waals surface area (Å²) in [6.45, 7) is 5.10. The highest BCUT2D eigenvalue weighted by atomic mass is 19.1. The fraction of sp³-hybridized carbons (Fsp3) is 0.600. The Balaban J connectivity index is 2.21. The molecule has 0 aliphatic heterocycles. The van der Waals surface area contributed by atoms with Gasteiger partial charge in [0.05, 0.1) is 5.54 Å². The van der Waals surface area contributed by atoms with Crippen molar-refractivity contribution in [3.05, 3.63) is 30.1 Å². The third kappa shape index (κ3) is 2.66. The van der Waals surface area contributed by atoms with E-state index in [1.165, 1.54) is 18.9 Å². The molecule has 0 aromatic heterocycles. The Morgan fingerprint density at radius 2 is 2.17 bits per heavy atom. The molecule has 0 bridgehead atoms. The zero-order valence-electron chi connectivity index (χ0n) is 11.2. The third-order valence-electron chi connectivity index (χ3n) is 4.33. The molecular formula is C15H23FN2. The van der Waals surface area contributed by atoms with Crippen LogP contribution in [0.25, 0.3) is 0 Å². The molecule has 2 nitrogen and oxygen atoms in total. The van der Waals surface area contributed by atoms with Crippen LogP contribution in [-0.2, 0) is 0 Å². The molecule has 0 saturated heterocycles.